The highest BCUT2D eigenvalue weighted by atomic mass is 15.1. The van der Waals surface area contributed by atoms with E-state index in [4.69, 9.17) is 10.7 Å². The van der Waals surface area contributed by atoms with Crippen LogP contribution in [-0.2, 0) is 7.05 Å². The molecule has 0 aromatic carbocycles. The van der Waals surface area contributed by atoms with Gasteiger partial charge in [0.25, 0.3) is 0 Å². The number of imidazole rings is 1. The van der Waals surface area contributed by atoms with E-state index in [0.717, 1.165) is 17.7 Å². The maximum atomic E-state index is 5.75. The average molecular weight is 244 g/mol. The van der Waals surface area contributed by atoms with E-state index in [1.807, 2.05) is 12.3 Å². The number of aromatic nitrogens is 3. The molecule has 2 aromatic rings. The smallest absolute Gasteiger partial charge is 0.177 e. The average Bonchev–Trinajstić information content (AvgIpc) is 2.77. The van der Waals surface area contributed by atoms with Gasteiger partial charge >= 0.3 is 0 Å². The molecule has 1 saturated carbocycles. The van der Waals surface area contributed by atoms with E-state index in [2.05, 4.69) is 22.7 Å². The molecule has 0 unspecified atom stereocenters. The van der Waals surface area contributed by atoms with Gasteiger partial charge in [0.05, 0.1) is 5.52 Å². The van der Waals surface area contributed by atoms with Crippen LogP contribution in [0.3, 0.4) is 0 Å². The minimum atomic E-state index is 0.576. The molecule has 0 spiro atoms. The van der Waals surface area contributed by atoms with Crippen molar-refractivity contribution >= 4 is 11.2 Å². The Morgan fingerprint density at radius 1 is 1.33 bits per heavy atom. The highest BCUT2D eigenvalue weighted by molar-refractivity contribution is 5.71. The molecule has 4 heteroatoms. The maximum Gasteiger partial charge on any atom is 0.177 e. The van der Waals surface area contributed by atoms with Crippen molar-refractivity contribution in [2.75, 3.05) is 6.54 Å². The second kappa shape index (κ2) is 4.69. The summed E-state index contributed by atoms with van der Waals surface area (Å²) in [4.78, 5) is 9.04. The summed E-state index contributed by atoms with van der Waals surface area (Å²) >= 11 is 0. The summed E-state index contributed by atoms with van der Waals surface area (Å²) in [5.41, 5.74) is 7.75. The molecule has 18 heavy (non-hydrogen) atoms. The molecule has 1 aliphatic rings. The summed E-state index contributed by atoms with van der Waals surface area (Å²) in [7, 11) is 2.10. The van der Waals surface area contributed by atoms with Crippen LogP contribution in [0.2, 0.25) is 0 Å². The minimum absolute atomic E-state index is 0.576. The molecular weight excluding hydrogens is 224 g/mol. The van der Waals surface area contributed by atoms with E-state index in [9.17, 15) is 0 Å². The Bertz CT molecular complexity index is 538. The van der Waals surface area contributed by atoms with Crippen LogP contribution >= 0.6 is 0 Å². The largest absolute Gasteiger partial charge is 0.330 e. The van der Waals surface area contributed by atoms with E-state index in [-0.39, 0.29) is 0 Å². The molecule has 2 N–H and O–H groups in total. The molecule has 4 nitrogen and oxygen atoms in total. The number of hydrogen-bond donors (Lipinski definition) is 1. The third-order valence-corrected chi connectivity index (χ3v) is 4.24. The van der Waals surface area contributed by atoms with Crippen molar-refractivity contribution in [3.8, 4) is 0 Å². The van der Waals surface area contributed by atoms with Gasteiger partial charge in [-0.3, -0.25) is 0 Å². The summed E-state index contributed by atoms with van der Waals surface area (Å²) < 4.78 is 2.20. The molecule has 0 bridgehead atoms. The lowest BCUT2D eigenvalue weighted by atomic mass is 9.81. The van der Waals surface area contributed by atoms with Gasteiger partial charge in [-0.25, -0.2) is 9.97 Å². The predicted molar refractivity (Wildman–Crippen MR) is 72.3 cm³/mol. The first-order valence-electron chi connectivity index (χ1n) is 6.77. The lowest BCUT2D eigenvalue weighted by Gasteiger charge is -2.27. The fourth-order valence-corrected chi connectivity index (χ4v) is 3.06. The van der Waals surface area contributed by atoms with Crippen LogP contribution in [0.4, 0.5) is 0 Å². The Kier molecular flexibility index (Phi) is 3.04. The van der Waals surface area contributed by atoms with Gasteiger partial charge in [0.2, 0.25) is 0 Å². The fraction of sp³-hybridized carbons (Fsp3) is 0.571. The molecule has 0 amide bonds. The number of nitrogens with zero attached hydrogens (tertiary/aromatic N) is 3. The van der Waals surface area contributed by atoms with E-state index < -0.39 is 0 Å². The summed E-state index contributed by atoms with van der Waals surface area (Å²) in [5.74, 6) is 2.49. The normalized spacial score (nSPS) is 24.6. The van der Waals surface area contributed by atoms with E-state index in [1.165, 1.54) is 31.5 Å². The van der Waals surface area contributed by atoms with Crippen molar-refractivity contribution in [3.63, 3.8) is 0 Å². The summed E-state index contributed by atoms with van der Waals surface area (Å²) in [6.07, 6.45) is 6.69. The number of fused-ring (bicyclic) bond motifs is 1. The maximum absolute atomic E-state index is 5.75. The van der Waals surface area contributed by atoms with Gasteiger partial charge in [-0.1, -0.05) is 0 Å². The number of nitrogens with two attached hydrogens (primary N) is 1. The van der Waals surface area contributed by atoms with Gasteiger partial charge in [0, 0.05) is 19.2 Å². The van der Waals surface area contributed by atoms with Crippen LogP contribution in [0, 0.1) is 5.92 Å². The predicted octanol–water partition coefficient (Wildman–Crippen LogP) is 2.20. The Hall–Kier alpha value is -1.42. The van der Waals surface area contributed by atoms with Gasteiger partial charge in [-0.2, -0.15) is 0 Å². The number of aryl methyl sites for hydroxylation is 1. The molecule has 2 heterocycles. The lowest BCUT2D eigenvalue weighted by molar-refractivity contribution is 0.323. The first-order chi connectivity index (χ1) is 8.79. The van der Waals surface area contributed by atoms with Crippen LogP contribution in [0.5, 0.6) is 0 Å². The zero-order valence-corrected chi connectivity index (χ0v) is 10.8. The summed E-state index contributed by atoms with van der Waals surface area (Å²) in [6, 6.07) is 4.06. The van der Waals surface area contributed by atoms with Crippen LogP contribution in [0.15, 0.2) is 18.3 Å². The molecule has 0 atom stereocenters. The Morgan fingerprint density at radius 3 is 2.78 bits per heavy atom. The quantitative estimate of drug-likeness (QED) is 0.881. The molecule has 0 saturated heterocycles. The highest BCUT2D eigenvalue weighted by Gasteiger charge is 2.25. The van der Waals surface area contributed by atoms with Gasteiger partial charge < -0.3 is 10.3 Å². The molecule has 1 aliphatic carbocycles. The van der Waals surface area contributed by atoms with Gasteiger partial charge in [0.1, 0.15) is 5.82 Å². The van der Waals surface area contributed by atoms with Crippen molar-refractivity contribution in [1.82, 2.24) is 14.5 Å². The summed E-state index contributed by atoms with van der Waals surface area (Å²) in [5, 5.41) is 0. The van der Waals surface area contributed by atoms with Crippen molar-refractivity contribution < 1.29 is 0 Å². The van der Waals surface area contributed by atoms with Gasteiger partial charge in [-0.15, -0.1) is 0 Å². The third kappa shape index (κ3) is 1.90. The van der Waals surface area contributed by atoms with Crippen molar-refractivity contribution in [3.05, 3.63) is 24.2 Å². The van der Waals surface area contributed by atoms with Gasteiger partial charge in [-0.05, 0) is 50.3 Å². The first-order valence-corrected chi connectivity index (χ1v) is 6.77. The Morgan fingerprint density at radius 2 is 2.11 bits per heavy atom. The number of hydrogen-bond acceptors (Lipinski definition) is 3. The topological polar surface area (TPSA) is 56.7 Å². The standard InChI is InChI=1S/C14H20N4/c1-18-12-3-2-8-16-13(12)17-14(18)11-6-4-10(9-15)5-7-11/h2-3,8,10-11H,4-7,9,15H2,1H3. The minimum Gasteiger partial charge on any atom is -0.330 e. The Balaban J connectivity index is 1.89. The molecule has 3 rings (SSSR count). The van der Waals surface area contributed by atoms with Crippen molar-refractivity contribution in [2.45, 2.75) is 31.6 Å². The highest BCUT2D eigenvalue weighted by Crippen LogP contribution is 2.35. The first kappa shape index (κ1) is 11.7. The molecule has 0 aliphatic heterocycles. The van der Waals surface area contributed by atoms with Crippen molar-refractivity contribution in [2.24, 2.45) is 18.7 Å². The molecule has 2 aromatic heterocycles. The van der Waals surface area contributed by atoms with Crippen LogP contribution < -0.4 is 5.73 Å². The van der Waals surface area contributed by atoms with E-state index in [1.54, 1.807) is 0 Å². The zero-order chi connectivity index (χ0) is 12.5. The Labute approximate surface area is 107 Å². The zero-order valence-electron chi connectivity index (χ0n) is 10.8. The molecule has 0 radical (unpaired) electrons. The third-order valence-electron chi connectivity index (χ3n) is 4.24. The molecule has 96 valence electrons. The monoisotopic (exact) mass is 244 g/mol. The SMILES string of the molecule is Cn1c(C2CCC(CN)CC2)nc2ncccc21. The van der Waals surface area contributed by atoms with Crippen LogP contribution in [0.25, 0.3) is 11.2 Å². The second-order valence-electron chi connectivity index (χ2n) is 5.33. The van der Waals surface area contributed by atoms with Crippen LogP contribution in [0.1, 0.15) is 37.4 Å². The molecular formula is C14H20N4. The van der Waals surface area contributed by atoms with Crippen LogP contribution in [-0.4, -0.2) is 21.1 Å². The number of rotatable bonds is 2. The fourth-order valence-electron chi connectivity index (χ4n) is 3.06. The van der Waals surface area contributed by atoms with E-state index in [0.29, 0.717) is 11.8 Å². The lowest BCUT2D eigenvalue weighted by Crippen LogP contribution is -2.21. The summed E-state index contributed by atoms with van der Waals surface area (Å²) in [6.45, 7) is 0.830. The van der Waals surface area contributed by atoms with E-state index >= 15 is 0 Å². The second-order valence-corrected chi connectivity index (χ2v) is 5.33. The van der Waals surface area contributed by atoms with Crippen molar-refractivity contribution in [1.29, 1.82) is 0 Å². The van der Waals surface area contributed by atoms with Gasteiger partial charge in [0.15, 0.2) is 5.65 Å². The molecule has 1 fully saturated rings. The number of pyridine rings is 1.